The highest BCUT2D eigenvalue weighted by atomic mass is 32.2. The Kier molecular flexibility index (Phi) is 4.17. The minimum Gasteiger partial charge on any atom is -0.395 e. The molecule has 0 spiro atoms. The van der Waals surface area contributed by atoms with Crippen LogP contribution in [0.5, 0.6) is 0 Å². The minimum absolute atomic E-state index is 0.0225. The summed E-state index contributed by atoms with van der Waals surface area (Å²) in [5.41, 5.74) is 2.42. The molecule has 0 aliphatic carbocycles. The number of amides is 1. The van der Waals surface area contributed by atoms with Crippen LogP contribution < -0.4 is 4.90 Å². The molecule has 20 heavy (non-hydrogen) atoms. The van der Waals surface area contributed by atoms with E-state index < -0.39 is 0 Å². The molecule has 2 aliphatic heterocycles. The second-order valence-electron chi connectivity index (χ2n) is 5.26. The van der Waals surface area contributed by atoms with Crippen molar-refractivity contribution in [3.05, 3.63) is 29.8 Å². The summed E-state index contributed by atoms with van der Waals surface area (Å²) in [6.07, 6.45) is 2.55. The van der Waals surface area contributed by atoms with Gasteiger partial charge >= 0.3 is 0 Å². The van der Waals surface area contributed by atoms with Crippen LogP contribution in [0.25, 0.3) is 0 Å². The summed E-state index contributed by atoms with van der Waals surface area (Å²) >= 11 is 1.64. The van der Waals surface area contributed by atoms with E-state index in [1.165, 1.54) is 18.5 Å². The molecule has 108 valence electrons. The second kappa shape index (κ2) is 6.06. The lowest BCUT2D eigenvalue weighted by Crippen LogP contribution is -2.30. The third-order valence-electron chi connectivity index (χ3n) is 3.96. The third-order valence-corrected chi connectivity index (χ3v) is 5.21. The Labute approximate surface area is 123 Å². The predicted octanol–water partition coefficient (Wildman–Crippen LogP) is 1.85. The molecule has 0 aromatic heterocycles. The summed E-state index contributed by atoms with van der Waals surface area (Å²) in [5, 5.41) is 9.14. The maximum atomic E-state index is 11.8. The maximum absolute atomic E-state index is 11.8. The van der Waals surface area contributed by atoms with Crippen molar-refractivity contribution in [1.29, 1.82) is 0 Å². The number of thioether (sulfide) groups is 1. The Bertz CT molecular complexity index is 471. The summed E-state index contributed by atoms with van der Waals surface area (Å²) in [7, 11) is 0. The van der Waals surface area contributed by atoms with Gasteiger partial charge in [0.15, 0.2) is 0 Å². The van der Waals surface area contributed by atoms with Crippen molar-refractivity contribution in [3.63, 3.8) is 0 Å². The number of hydrogen-bond acceptors (Lipinski definition) is 4. The molecule has 0 bridgehead atoms. The average Bonchev–Trinajstić information content (AvgIpc) is 3.11. The van der Waals surface area contributed by atoms with Gasteiger partial charge in [0.25, 0.3) is 0 Å². The molecule has 3 rings (SSSR count). The first kappa shape index (κ1) is 13.8. The molecule has 2 aliphatic rings. The Hall–Kier alpha value is -1.20. The van der Waals surface area contributed by atoms with E-state index in [0.717, 1.165) is 18.7 Å². The van der Waals surface area contributed by atoms with Gasteiger partial charge in [-0.05, 0) is 30.5 Å². The molecule has 1 aromatic carbocycles. The van der Waals surface area contributed by atoms with Gasteiger partial charge in [-0.25, -0.2) is 0 Å². The number of benzene rings is 1. The lowest BCUT2D eigenvalue weighted by atomic mass is 10.1. The van der Waals surface area contributed by atoms with Gasteiger partial charge in [-0.3, -0.25) is 4.79 Å². The first-order valence-corrected chi connectivity index (χ1v) is 8.21. The normalized spacial score (nSPS) is 22.9. The van der Waals surface area contributed by atoms with Crippen LogP contribution in [0.2, 0.25) is 0 Å². The van der Waals surface area contributed by atoms with Gasteiger partial charge < -0.3 is 14.9 Å². The highest BCUT2D eigenvalue weighted by Crippen LogP contribution is 2.38. The maximum Gasteiger partial charge on any atom is 0.233 e. The van der Waals surface area contributed by atoms with Crippen LogP contribution in [-0.4, -0.2) is 47.9 Å². The largest absolute Gasteiger partial charge is 0.395 e. The SMILES string of the molecule is O=C1CSC(c2ccc(N3CCCC3)cc2)N1CCO. The van der Waals surface area contributed by atoms with Crippen molar-refractivity contribution in [1.82, 2.24) is 4.90 Å². The van der Waals surface area contributed by atoms with Crippen LogP contribution in [0, 0.1) is 0 Å². The number of aliphatic hydroxyl groups excluding tert-OH is 1. The van der Waals surface area contributed by atoms with Crippen molar-refractivity contribution in [2.24, 2.45) is 0 Å². The van der Waals surface area contributed by atoms with E-state index in [1.807, 2.05) is 0 Å². The Morgan fingerprint density at radius 1 is 1.20 bits per heavy atom. The standard InChI is InChI=1S/C15H20N2O2S/c18-10-9-17-14(19)11-20-15(17)12-3-5-13(6-4-12)16-7-1-2-8-16/h3-6,15,18H,1-2,7-11H2. The van der Waals surface area contributed by atoms with Crippen LogP contribution in [0.1, 0.15) is 23.8 Å². The molecular formula is C15H20N2O2S. The fraction of sp³-hybridized carbons (Fsp3) is 0.533. The molecule has 1 aromatic rings. The van der Waals surface area contributed by atoms with E-state index in [0.29, 0.717) is 12.3 Å². The zero-order chi connectivity index (χ0) is 13.9. The Morgan fingerprint density at radius 3 is 2.55 bits per heavy atom. The number of aliphatic hydroxyl groups is 1. The Morgan fingerprint density at radius 2 is 1.90 bits per heavy atom. The lowest BCUT2D eigenvalue weighted by molar-refractivity contribution is -0.128. The fourth-order valence-electron chi connectivity index (χ4n) is 2.90. The first-order chi connectivity index (χ1) is 9.79. The van der Waals surface area contributed by atoms with Gasteiger partial charge in [0.1, 0.15) is 5.37 Å². The molecule has 1 atom stereocenters. The van der Waals surface area contributed by atoms with Crippen molar-refractivity contribution in [3.8, 4) is 0 Å². The van der Waals surface area contributed by atoms with Crippen LogP contribution in [0.4, 0.5) is 5.69 Å². The van der Waals surface area contributed by atoms with E-state index in [4.69, 9.17) is 5.11 Å². The zero-order valence-corrected chi connectivity index (χ0v) is 12.3. The van der Waals surface area contributed by atoms with E-state index in [-0.39, 0.29) is 17.9 Å². The van der Waals surface area contributed by atoms with Crippen LogP contribution in [0.3, 0.4) is 0 Å². The molecule has 1 unspecified atom stereocenters. The molecule has 1 amide bonds. The average molecular weight is 292 g/mol. The predicted molar refractivity (Wildman–Crippen MR) is 81.9 cm³/mol. The van der Waals surface area contributed by atoms with E-state index in [2.05, 4.69) is 29.2 Å². The van der Waals surface area contributed by atoms with E-state index in [1.54, 1.807) is 16.7 Å². The Balaban J connectivity index is 1.75. The minimum atomic E-state index is 0.0225. The summed E-state index contributed by atoms with van der Waals surface area (Å²) in [6, 6.07) is 8.55. The molecule has 2 fully saturated rings. The van der Waals surface area contributed by atoms with Crippen molar-refractivity contribution >= 4 is 23.4 Å². The van der Waals surface area contributed by atoms with Gasteiger partial charge in [-0.15, -0.1) is 11.8 Å². The summed E-state index contributed by atoms with van der Waals surface area (Å²) in [5.74, 6) is 0.635. The molecule has 5 heteroatoms. The number of β-amino-alcohol motifs (C(OH)–C–C–N with tert-alkyl or cyclic N) is 1. The quantitative estimate of drug-likeness (QED) is 0.920. The highest BCUT2D eigenvalue weighted by Gasteiger charge is 2.32. The summed E-state index contributed by atoms with van der Waals surface area (Å²) < 4.78 is 0. The smallest absolute Gasteiger partial charge is 0.233 e. The topological polar surface area (TPSA) is 43.8 Å². The number of carbonyl (C=O) groups is 1. The second-order valence-corrected chi connectivity index (χ2v) is 6.33. The molecule has 2 saturated heterocycles. The van der Waals surface area contributed by atoms with Gasteiger partial charge in [-0.2, -0.15) is 0 Å². The molecule has 0 radical (unpaired) electrons. The summed E-state index contributed by atoms with van der Waals surface area (Å²) in [4.78, 5) is 16.0. The van der Waals surface area contributed by atoms with Gasteiger partial charge in [-0.1, -0.05) is 12.1 Å². The number of anilines is 1. The first-order valence-electron chi connectivity index (χ1n) is 7.16. The fourth-order valence-corrected chi connectivity index (χ4v) is 4.12. The number of nitrogens with zero attached hydrogens (tertiary/aromatic N) is 2. The van der Waals surface area contributed by atoms with Gasteiger partial charge in [0.2, 0.25) is 5.91 Å². The molecular weight excluding hydrogens is 272 g/mol. The third kappa shape index (κ3) is 2.65. The van der Waals surface area contributed by atoms with Crippen molar-refractivity contribution in [2.45, 2.75) is 18.2 Å². The lowest BCUT2D eigenvalue weighted by Gasteiger charge is -2.24. The highest BCUT2D eigenvalue weighted by molar-refractivity contribution is 8.00. The van der Waals surface area contributed by atoms with E-state index in [9.17, 15) is 4.79 Å². The molecule has 1 N–H and O–H groups in total. The number of hydrogen-bond donors (Lipinski definition) is 1. The van der Waals surface area contributed by atoms with Gasteiger partial charge in [0, 0.05) is 25.3 Å². The monoisotopic (exact) mass is 292 g/mol. The zero-order valence-electron chi connectivity index (χ0n) is 11.5. The van der Waals surface area contributed by atoms with Crippen LogP contribution in [0.15, 0.2) is 24.3 Å². The molecule has 2 heterocycles. The number of rotatable bonds is 4. The summed E-state index contributed by atoms with van der Waals surface area (Å²) in [6.45, 7) is 2.73. The molecule has 4 nitrogen and oxygen atoms in total. The number of carbonyl (C=O) groups excluding carboxylic acids is 1. The molecule has 0 saturated carbocycles. The van der Waals surface area contributed by atoms with Crippen LogP contribution >= 0.6 is 11.8 Å². The van der Waals surface area contributed by atoms with Crippen molar-refractivity contribution in [2.75, 3.05) is 36.9 Å². The van der Waals surface area contributed by atoms with Crippen LogP contribution in [-0.2, 0) is 4.79 Å². The van der Waals surface area contributed by atoms with Gasteiger partial charge in [0.05, 0.1) is 12.4 Å². The van der Waals surface area contributed by atoms with Crippen molar-refractivity contribution < 1.29 is 9.90 Å². The van der Waals surface area contributed by atoms with E-state index >= 15 is 0 Å².